The molecule has 4 heteroatoms. The predicted molar refractivity (Wildman–Crippen MR) is 81.6 cm³/mol. The molecule has 1 aliphatic heterocycles. The van der Waals surface area contributed by atoms with Crippen LogP contribution in [-0.4, -0.2) is 39.9 Å². The molecule has 1 N–H and O–H groups in total. The number of nitrogens with zero attached hydrogens (tertiary/aromatic N) is 3. The highest BCUT2D eigenvalue weighted by atomic mass is 15.3. The second-order valence-electron chi connectivity index (χ2n) is 6.57. The van der Waals surface area contributed by atoms with Gasteiger partial charge in [-0.2, -0.15) is 5.10 Å². The maximum atomic E-state index is 4.58. The molecule has 1 saturated carbocycles. The van der Waals surface area contributed by atoms with Crippen LogP contribution in [-0.2, 0) is 20.0 Å². The Bertz CT molecular complexity index is 449. The Labute approximate surface area is 122 Å². The fourth-order valence-electron chi connectivity index (χ4n) is 3.29. The summed E-state index contributed by atoms with van der Waals surface area (Å²) in [5, 5.41) is 8.34. The third-order valence-corrected chi connectivity index (χ3v) is 4.97. The standard InChI is InChI=1S/C16H28N4/c1-4-14-9-15(19(3)18-14)10-20-11-16(13-5-6-13)17-8-7-12(20)2/h9,12-13,16-17H,4-8,10-11H2,1-3H3. The van der Waals surface area contributed by atoms with Gasteiger partial charge in [-0.15, -0.1) is 0 Å². The van der Waals surface area contributed by atoms with Gasteiger partial charge in [-0.1, -0.05) is 6.92 Å². The third-order valence-electron chi connectivity index (χ3n) is 4.97. The summed E-state index contributed by atoms with van der Waals surface area (Å²) >= 11 is 0. The van der Waals surface area contributed by atoms with E-state index in [0.717, 1.165) is 18.9 Å². The van der Waals surface area contributed by atoms with Crippen molar-refractivity contribution in [3.63, 3.8) is 0 Å². The van der Waals surface area contributed by atoms with Crippen molar-refractivity contribution in [2.75, 3.05) is 13.1 Å². The van der Waals surface area contributed by atoms with Crippen molar-refractivity contribution in [3.8, 4) is 0 Å². The van der Waals surface area contributed by atoms with Gasteiger partial charge in [0, 0.05) is 32.2 Å². The molecule has 2 unspecified atom stereocenters. The first-order valence-electron chi connectivity index (χ1n) is 8.16. The Kier molecular flexibility index (Phi) is 4.13. The summed E-state index contributed by atoms with van der Waals surface area (Å²) in [6.07, 6.45) is 5.12. The summed E-state index contributed by atoms with van der Waals surface area (Å²) in [5.74, 6) is 0.931. The van der Waals surface area contributed by atoms with Crippen LogP contribution in [0.3, 0.4) is 0 Å². The first kappa shape index (κ1) is 14.1. The van der Waals surface area contributed by atoms with E-state index in [1.807, 2.05) is 0 Å². The highest BCUT2D eigenvalue weighted by Gasteiger charge is 2.34. The van der Waals surface area contributed by atoms with Gasteiger partial charge in [0.1, 0.15) is 0 Å². The van der Waals surface area contributed by atoms with E-state index >= 15 is 0 Å². The van der Waals surface area contributed by atoms with E-state index in [1.54, 1.807) is 0 Å². The predicted octanol–water partition coefficient (Wildman–Crippen LogP) is 1.94. The monoisotopic (exact) mass is 276 g/mol. The van der Waals surface area contributed by atoms with Gasteiger partial charge in [-0.25, -0.2) is 0 Å². The maximum Gasteiger partial charge on any atom is 0.0625 e. The highest BCUT2D eigenvalue weighted by Crippen LogP contribution is 2.34. The molecule has 1 aliphatic carbocycles. The Morgan fingerprint density at radius 3 is 2.80 bits per heavy atom. The van der Waals surface area contributed by atoms with E-state index < -0.39 is 0 Å². The summed E-state index contributed by atoms with van der Waals surface area (Å²) < 4.78 is 2.07. The van der Waals surface area contributed by atoms with E-state index in [-0.39, 0.29) is 0 Å². The Morgan fingerprint density at radius 1 is 1.35 bits per heavy atom. The number of hydrogen-bond acceptors (Lipinski definition) is 3. The molecule has 0 spiro atoms. The number of nitrogens with one attached hydrogen (secondary N) is 1. The first-order chi connectivity index (χ1) is 9.67. The van der Waals surface area contributed by atoms with Gasteiger partial charge in [-0.05, 0) is 51.1 Å². The summed E-state index contributed by atoms with van der Waals surface area (Å²) in [6.45, 7) is 7.94. The average Bonchev–Trinajstić information content (AvgIpc) is 3.22. The van der Waals surface area contributed by atoms with Crippen molar-refractivity contribution in [1.29, 1.82) is 0 Å². The topological polar surface area (TPSA) is 33.1 Å². The van der Waals surface area contributed by atoms with Crippen LogP contribution in [0.15, 0.2) is 6.07 Å². The molecule has 4 nitrogen and oxygen atoms in total. The van der Waals surface area contributed by atoms with Gasteiger partial charge in [-0.3, -0.25) is 9.58 Å². The molecule has 3 rings (SSSR count). The second kappa shape index (κ2) is 5.86. The third kappa shape index (κ3) is 3.07. The molecule has 2 heterocycles. The minimum Gasteiger partial charge on any atom is -0.312 e. The highest BCUT2D eigenvalue weighted by molar-refractivity contribution is 5.10. The molecule has 1 saturated heterocycles. The van der Waals surface area contributed by atoms with Crippen molar-refractivity contribution < 1.29 is 0 Å². The second-order valence-corrected chi connectivity index (χ2v) is 6.57. The molecule has 2 aliphatic rings. The van der Waals surface area contributed by atoms with Crippen LogP contribution in [0.4, 0.5) is 0 Å². The zero-order valence-corrected chi connectivity index (χ0v) is 13.1. The first-order valence-corrected chi connectivity index (χ1v) is 8.16. The van der Waals surface area contributed by atoms with Crippen molar-refractivity contribution in [1.82, 2.24) is 20.0 Å². The van der Waals surface area contributed by atoms with E-state index in [0.29, 0.717) is 12.1 Å². The SMILES string of the molecule is CCc1cc(CN2CC(C3CC3)NCCC2C)n(C)n1. The molecular formula is C16H28N4. The van der Waals surface area contributed by atoms with Gasteiger partial charge in [0.25, 0.3) is 0 Å². The molecule has 2 fully saturated rings. The molecule has 2 atom stereocenters. The van der Waals surface area contributed by atoms with Gasteiger partial charge >= 0.3 is 0 Å². The number of aryl methyl sites for hydroxylation is 2. The van der Waals surface area contributed by atoms with Crippen molar-refractivity contribution in [2.45, 2.75) is 58.2 Å². The van der Waals surface area contributed by atoms with E-state index in [9.17, 15) is 0 Å². The van der Waals surface area contributed by atoms with Gasteiger partial charge in [0.05, 0.1) is 11.4 Å². The molecule has 0 bridgehead atoms. The van der Waals surface area contributed by atoms with Crippen LogP contribution in [0.5, 0.6) is 0 Å². The smallest absolute Gasteiger partial charge is 0.0625 e. The van der Waals surface area contributed by atoms with Gasteiger partial charge in [0.15, 0.2) is 0 Å². The molecular weight excluding hydrogens is 248 g/mol. The van der Waals surface area contributed by atoms with Crippen LogP contribution in [0.2, 0.25) is 0 Å². The largest absolute Gasteiger partial charge is 0.312 e. The molecule has 1 aromatic heterocycles. The van der Waals surface area contributed by atoms with Crippen LogP contribution in [0.25, 0.3) is 0 Å². The minimum atomic E-state index is 0.659. The maximum absolute atomic E-state index is 4.58. The lowest BCUT2D eigenvalue weighted by Crippen LogP contribution is -2.41. The molecule has 0 aromatic carbocycles. The summed E-state index contributed by atoms with van der Waals surface area (Å²) in [5.41, 5.74) is 2.56. The fourth-order valence-corrected chi connectivity index (χ4v) is 3.29. The van der Waals surface area contributed by atoms with Crippen molar-refractivity contribution >= 4 is 0 Å². The molecule has 112 valence electrons. The van der Waals surface area contributed by atoms with Crippen molar-refractivity contribution in [3.05, 3.63) is 17.5 Å². The summed E-state index contributed by atoms with van der Waals surface area (Å²) in [4.78, 5) is 2.65. The molecule has 0 amide bonds. The average molecular weight is 276 g/mol. The lowest BCUT2D eigenvalue weighted by Gasteiger charge is -2.29. The Hall–Kier alpha value is -0.870. The number of rotatable bonds is 4. The Morgan fingerprint density at radius 2 is 2.15 bits per heavy atom. The summed E-state index contributed by atoms with van der Waals surface area (Å²) in [6, 6.07) is 3.64. The summed E-state index contributed by atoms with van der Waals surface area (Å²) in [7, 11) is 2.08. The molecule has 20 heavy (non-hydrogen) atoms. The lowest BCUT2D eigenvalue weighted by molar-refractivity contribution is 0.186. The van der Waals surface area contributed by atoms with E-state index in [4.69, 9.17) is 0 Å². The number of hydrogen-bond donors (Lipinski definition) is 1. The minimum absolute atomic E-state index is 0.659. The molecule has 0 radical (unpaired) electrons. The fraction of sp³-hybridized carbons (Fsp3) is 0.812. The van der Waals surface area contributed by atoms with Crippen molar-refractivity contribution in [2.24, 2.45) is 13.0 Å². The van der Waals surface area contributed by atoms with Crippen LogP contribution >= 0.6 is 0 Å². The van der Waals surface area contributed by atoms with Crippen LogP contribution < -0.4 is 5.32 Å². The van der Waals surface area contributed by atoms with E-state index in [2.05, 4.69) is 47.0 Å². The molecule has 1 aromatic rings. The zero-order valence-electron chi connectivity index (χ0n) is 13.1. The van der Waals surface area contributed by atoms with Crippen LogP contribution in [0, 0.1) is 5.92 Å². The quantitative estimate of drug-likeness (QED) is 0.912. The van der Waals surface area contributed by atoms with Gasteiger partial charge < -0.3 is 5.32 Å². The van der Waals surface area contributed by atoms with E-state index in [1.165, 1.54) is 43.7 Å². The lowest BCUT2D eigenvalue weighted by atomic mass is 10.1. The normalized spacial score (nSPS) is 28.6. The number of aromatic nitrogens is 2. The zero-order chi connectivity index (χ0) is 14.1. The van der Waals surface area contributed by atoms with Crippen LogP contribution in [0.1, 0.15) is 44.5 Å². The Balaban J connectivity index is 1.70. The van der Waals surface area contributed by atoms with Gasteiger partial charge in [0.2, 0.25) is 0 Å².